The molecular formula is C24H23N3O4. The van der Waals surface area contributed by atoms with Gasteiger partial charge in [-0.25, -0.2) is 4.98 Å². The Kier molecular flexibility index (Phi) is 5.58. The lowest BCUT2D eigenvalue weighted by Crippen LogP contribution is -2.36. The largest absolute Gasteiger partial charge is 0.495 e. The van der Waals surface area contributed by atoms with Gasteiger partial charge in [0.15, 0.2) is 5.76 Å². The van der Waals surface area contributed by atoms with Gasteiger partial charge in [-0.2, -0.15) is 0 Å². The van der Waals surface area contributed by atoms with Crippen molar-refractivity contribution in [3.05, 3.63) is 88.9 Å². The van der Waals surface area contributed by atoms with Crippen LogP contribution in [0.25, 0.3) is 16.6 Å². The van der Waals surface area contributed by atoms with E-state index in [-0.39, 0.29) is 17.2 Å². The minimum atomic E-state index is -0.472. The van der Waals surface area contributed by atoms with Gasteiger partial charge < -0.3 is 14.1 Å². The van der Waals surface area contributed by atoms with E-state index in [1.165, 1.54) is 6.26 Å². The number of hydrogen-bond donors (Lipinski definition) is 0. The Labute approximate surface area is 179 Å². The van der Waals surface area contributed by atoms with Crippen molar-refractivity contribution in [2.75, 3.05) is 14.2 Å². The maximum atomic E-state index is 13.6. The molecule has 0 spiro atoms. The first-order valence-electron chi connectivity index (χ1n) is 10.0. The average molecular weight is 417 g/mol. The molecule has 1 atom stereocenters. The van der Waals surface area contributed by atoms with Crippen molar-refractivity contribution in [3.8, 4) is 11.4 Å². The molecule has 31 heavy (non-hydrogen) atoms. The maximum Gasteiger partial charge on any atom is 0.289 e. The van der Waals surface area contributed by atoms with Crippen LogP contribution in [0.15, 0.2) is 76.1 Å². The van der Waals surface area contributed by atoms with Gasteiger partial charge in [-0.15, -0.1) is 0 Å². The fraction of sp³-hybridized carbons (Fsp3) is 0.208. The van der Waals surface area contributed by atoms with Crippen LogP contribution in [0.4, 0.5) is 0 Å². The molecule has 7 nitrogen and oxygen atoms in total. The number of benzene rings is 2. The lowest BCUT2D eigenvalue weighted by atomic mass is 10.1. The molecule has 0 radical (unpaired) electrons. The summed E-state index contributed by atoms with van der Waals surface area (Å²) in [5, 5.41) is 0.493. The molecule has 0 saturated heterocycles. The van der Waals surface area contributed by atoms with Crippen LogP contribution in [-0.2, 0) is 0 Å². The highest BCUT2D eigenvalue weighted by Gasteiger charge is 2.28. The minimum Gasteiger partial charge on any atom is -0.495 e. The Morgan fingerprint density at radius 3 is 2.58 bits per heavy atom. The number of hydrogen-bond acceptors (Lipinski definition) is 5. The number of carbonyl (C=O) groups is 1. The summed E-state index contributed by atoms with van der Waals surface area (Å²) in [6.45, 7) is 1.95. The van der Waals surface area contributed by atoms with Crippen LogP contribution in [0.2, 0.25) is 0 Å². The SMILES string of the molecule is CCC(c1nc2ccccc2c(=O)n1-c1ccccc1OC)N(C)C(=O)c1ccco1. The number of methoxy groups -OCH3 is 1. The van der Waals surface area contributed by atoms with E-state index in [4.69, 9.17) is 14.1 Å². The Balaban J connectivity index is 1.97. The predicted octanol–water partition coefficient (Wildman–Crippen LogP) is 4.21. The van der Waals surface area contributed by atoms with E-state index in [0.29, 0.717) is 34.6 Å². The number of fused-ring (bicyclic) bond motifs is 1. The normalized spacial score (nSPS) is 12.0. The first-order chi connectivity index (χ1) is 15.1. The van der Waals surface area contributed by atoms with E-state index in [2.05, 4.69) is 0 Å². The molecule has 2 aromatic carbocycles. The topological polar surface area (TPSA) is 77.6 Å². The molecule has 2 heterocycles. The fourth-order valence-electron chi connectivity index (χ4n) is 3.77. The molecule has 0 fully saturated rings. The summed E-state index contributed by atoms with van der Waals surface area (Å²) in [6, 6.07) is 17.3. The van der Waals surface area contributed by atoms with Crippen molar-refractivity contribution in [2.45, 2.75) is 19.4 Å². The number of aromatic nitrogens is 2. The summed E-state index contributed by atoms with van der Waals surface area (Å²) in [6.07, 6.45) is 2.00. The Morgan fingerprint density at radius 2 is 1.87 bits per heavy atom. The summed E-state index contributed by atoms with van der Waals surface area (Å²) < 4.78 is 12.4. The highest BCUT2D eigenvalue weighted by molar-refractivity contribution is 5.91. The molecule has 7 heteroatoms. The number of carbonyl (C=O) groups excluding carboxylic acids is 1. The average Bonchev–Trinajstić information content (AvgIpc) is 3.34. The Hall–Kier alpha value is -3.87. The highest BCUT2D eigenvalue weighted by Crippen LogP contribution is 2.29. The van der Waals surface area contributed by atoms with Crippen molar-refractivity contribution in [1.82, 2.24) is 14.5 Å². The van der Waals surface area contributed by atoms with Gasteiger partial charge in [-0.3, -0.25) is 14.2 Å². The fourth-order valence-corrected chi connectivity index (χ4v) is 3.77. The predicted molar refractivity (Wildman–Crippen MR) is 118 cm³/mol. The van der Waals surface area contributed by atoms with E-state index < -0.39 is 6.04 Å². The highest BCUT2D eigenvalue weighted by atomic mass is 16.5. The maximum absolute atomic E-state index is 13.6. The lowest BCUT2D eigenvalue weighted by molar-refractivity contribution is 0.0684. The van der Waals surface area contributed by atoms with Crippen molar-refractivity contribution in [3.63, 3.8) is 0 Å². The van der Waals surface area contributed by atoms with Crippen molar-refractivity contribution in [1.29, 1.82) is 0 Å². The molecule has 1 amide bonds. The third-order valence-corrected chi connectivity index (χ3v) is 5.33. The molecule has 0 aliphatic carbocycles. The van der Waals surface area contributed by atoms with Crippen molar-refractivity contribution >= 4 is 16.8 Å². The summed E-state index contributed by atoms with van der Waals surface area (Å²) >= 11 is 0. The Bertz CT molecular complexity index is 1280. The minimum absolute atomic E-state index is 0.220. The zero-order valence-corrected chi connectivity index (χ0v) is 17.6. The van der Waals surface area contributed by atoms with E-state index in [0.717, 1.165) is 0 Å². The van der Waals surface area contributed by atoms with Crippen LogP contribution >= 0.6 is 0 Å². The molecule has 0 bridgehead atoms. The van der Waals surface area contributed by atoms with E-state index in [1.807, 2.05) is 31.2 Å². The van der Waals surface area contributed by atoms with E-state index >= 15 is 0 Å². The summed E-state index contributed by atoms with van der Waals surface area (Å²) in [5.41, 5.74) is 0.925. The lowest BCUT2D eigenvalue weighted by Gasteiger charge is -2.28. The molecule has 2 aromatic heterocycles. The Morgan fingerprint density at radius 1 is 1.13 bits per heavy atom. The number of nitrogens with zero attached hydrogens (tertiary/aromatic N) is 3. The number of para-hydroxylation sites is 3. The quantitative estimate of drug-likeness (QED) is 0.470. The van der Waals surface area contributed by atoms with Gasteiger partial charge in [0.1, 0.15) is 11.6 Å². The molecule has 1 unspecified atom stereocenters. The van der Waals surface area contributed by atoms with Crippen molar-refractivity contribution < 1.29 is 13.9 Å². The first kappa shape index (κ1) is 20.4. The number of rotatable bonds is 6. The van der Waals surface area contributed by atoms with E-state index in [9.17, 15) is 9.59 Å². The summed E-state index contributed by atoms with van der Waals surface area (Å²) in [4.78, 5) is 33.0. The molecule has 4 aromatic rings. The molecular weight excluding hydrogens is 394 g/mol. The third kappa shape index (κ3) is 3.59. The monoisotopic (exact) mass is 417 g/mol. The molecule has 0 N–H and O–H groups in total. The standard InChI is InChI=1S/C24H23N3O4/c1-4-18(26(2)24(29)21-14-9-15-31-21)22-25-17-11-6-5-10-16(17)23(28)27(22)19-12-7-8-13-20(19)30-3/h5-15,18H,4H2,1-3H3. The van der Waals surface area contributed by atoms with Crippen LogP contribution in [0.1, 0.15) is 35.8 Å². The molecule has 158 valence electrons. The van der Waals surface area contributed by atoms with E-state index in [1.54, 1.807) is 60.0 Å². The molecule has 0 aliphatic rings. The second-order valence-electron chi connectivity index (χ2n) is 7.12. The second kappa shape index (κ2) is 8.47. The van der Waals surface area contributed by atoms with Gasteiger partial charge in [0.25, 0.3) is 11.5 Å². The van der Waals surface area contributed by atoms with Gasteiger partial charge in [-0.1, -0.05) is 31.2 Å². The zero-order chi connectivity index (χ0) is 22.0. The van der Waals surface area contributed by atoms with Crippen LogP contribution in [-0.4, -0.2) is 34.5 Å². The molecule has 4 rings (SSSR count). The number of furan rings is 1. The van der Waals surface area contributed by atoms with Crippen molar-refractivity contribution in [2.24, 2.45) is 0 Å². The zero-order valence-electron chi connectivity index (χ0n) is 17.6. The summed E-state index contributed by atoms with van der Waals surface area (Å²) in [7, 11) is 3.24. The van der Waals surface area contributed by atoms with Crippen LogP contribution in [0.3, 0.4) is 0 Å². The summed E-state index contributed by atoms with van der Waals surface area (Å²) in [5.74, 6) is 0.940. The van der Waals surface area contributed by atoms with Gasteiger partial charge in [0.05, 0.1) is 36.0 Å². The number of ether oxygens (including phenoxy) is 1. The third-order valence-electron chi connectivity index (χ3n) is 5.33. The van der Waals surface area contributed by atoms with Crippen LogP contribution in [0, 0.1) is 0 Å². The molecule has 0 aliphatic heterocycles. The van der Waals surface area contributed by atoms with Gasteiger partial charge in [-0.05, 0) is 42.8 Å². The second-order valence-corrected chi connectivity index (χ2v) is 7.12. The van der Waals surface area contributed by atoms with Gasteiger partial charge in [0, 0.05) is 7.05 Å². The van der Waals surface area contributed by atoms with Crippen LogP contribution < -0.4 is 10.3 Å². The smallest absolute Gasteiger partial charge is 0.289 e. The first-order valence-corrected chi connectivity index (χ1v) is 10.0. The van der Waals surface area contributed by atoms with Gasteiger partial charge >= 0.3 is 0 Å². The molecule has 0 saturated carbocycles. The van der Waals surface area contributed by atoms with Crippen LogP contribution in [0.5, 0.6) is 5.75 Å². The number of amides is 1. The van der Waals surface area contributed by atoms with Gasteiger partial charge in [0.2, 0.25) is 0 Å².